The van der Waals surface area contributed by atoms with Crippen LogP contribution in [0.5, 0.6) is 0 Å². The molecule has 0 saturated carbocycles. The van der Waals surface area contributed by atoms with Gasteiger partial charge in [-0.25, -0.2) is 0 Å². The van der Waals surface area contributed by atoms with Gasteiger partial charge in [0.1, 0.15) is 0 Å². The Morgan fingerprint density at radius 3 is 2.50 bits per heavy atom. The van der Waals surface area contributed by atoms with Gasteiger partial charge in [-0.1, -0.05) is 35.5 Å². The maximum Gasteiger partial charge on any atom is 0.0997 e. The van der Waals surface area contributed by atoms with Gasteiger partial charge < -0.3 is 5.21 Å². The summed E-state index contributed by atoms with van der Waals surface area (Å²) in [5.74, 6) is 0. The summed E-state index contributed by atoms with van der Waals surface area (Å²) in [6.45, 7) is 1.69. The third-order valence-electron chi connectivity index (χ3n) is 1.62. The first-order chi connectivity index (χ1) is 5.75. The minimum atomic E-state index is -0.337. The van der Waals surface area contributed by atoms with Crippen molar-refractivity contribution in [1.82, 2.24) is 0 Å². The van der Waals surface area contributed by atoms with Crippen LogP contribution in [0.4, 0.5) is 0 Å². The Bertz CT molecular complexity index is 271. The predicted octanol–water partition coefficient (Wildman–Crippen LogP) is 2.82. The summed E-state index contributed by atoms with van der Waals surface area (Å²) in [6, 6.07) is 9.50. The molecular weight excluding hydrogens is 174 g/mol. The van der Waals surface area contributed by atoms with E-state index in [0.717, 1.165) is 5.56 Å². The highest BCUT2D eigenvalue weighted by atomic mass is 35.5. The smallest absolute Gasteiger partial charge is 0.0997 e. The molecule has 1 unspecified atom stereocenters. The fraction of sp³-hybridized carbons (Fsp3) is 0.222. The van der Waals surface area contributed by atoms with E-state index in [0.29, 0.717) is 5.71 Å². The van der Waals surface area contributed by atoms with E-state index < -0.39 is 0 Å². The molecule has 12 heavy (non-hydrogen) atoms. The third-order valence-corrected chi connectivity index (χ3v) is 2.18. The lowest BCUT2D eigenvalue weighted by Gasteiger charge is -2.06. The van der Waals surface area contributed by atoms with Crippen LogP contribution in [0.3, 0.4) is 0 Å². The van der Waals surface area contributed by atoms with Crippen molar-refractivity contribution in [3.05, 3.63) is 35.9 Å². The van der Waals surface area contributed by atoms with Crippen LogP contribution in [0.15, 0.2) is 35.5 Å². The minimum absolute atomic E-state index is 0.337. The second kappa shape index (κ2) is 4.12. The summed E-state index contributed by atoms with van der Waals surface area (Å²) in [6.07, 6.45) is 0. The SMILES string of the molecule is C/C(=N\O)C(Cl)c1ccccc1. The minimum Gasteiger partial charge on any atom is -0.411 e. The molecule has 0 fully saturated rings. The molecular formula is C9H10ClNO. The highest BCUT2D eigenvalue weighted by molar-refractivity contribution is 6.31. The molecule has 0 radical (unpaired) electrons. The standard InChI is InChI=1S/C9H10ClNO/c1-7(11-12)9(10)8-5-3-2-4-6-8/h2-6,9,12H,1H3/b11-7+. The molecule has 0 aliphatic rings. The van der Waals surface area contributed by atoms with Gasteiger partial charge in [0.25, 0.3) is 0 Å². The van der Waals surface area contributed by atoms with Gasteiger partial charge in [0, 0.05) is 0 Å². The number of benzene rings is 1. The average Bonchev–Trinajstić information content (AvgIpc) is 2.17. The first kappa shape index (κ1) is 9.07. The van der Waals surface area contributed by atoms with Crippen molar-refractivity contribution in [3.63, 3.8) is 0 Å². The second-order valence-electron chi connectivity index (χ2n) is 2.51. The van der Waals surface area contributed by atoms with E-state index in [1.54, 1.807) is 6.92 Å². The van der Waals surface area contributed by atoms with Crippen molar-refractivity contribution >= 4 is 17.3 Å². The average molecular weight is 184 g/mol. The molecule has 0 aliphatic heterocycles. The predicted molar refractivity (Wildman–Crippen MR) is 49.9 cm³/mol. The molecule has 1 N–H and O–H groups in total. The van der Waals surface area contributed by atoms with Crippen LogP contribution in [0.1, 0.15) is 17.9 Å². The van der Waals surface area contributed by atoms with Crippen molar-refractivity contribution < 1.29 is 5.21 Å². The van der Waals surface area contributed by atoms with Gasteiger partial charge in [0.2, 0.25) is 0 Å². The zero-order valence-corrected chi connectivity index (χ0v) is 7.49. The molecule has 0 heterocycles. The first-order valence-corrected chi connectivity index (χ1v) is 4.07. The fourth-order valence-corrected chi connectivity index (χ4v) is 1.10. The fourth-order valence-electron chi connectivity index (χ4n) is 0.914. The lowest BCUT2D eigenvalue weighted by Crippen LogP contribution is -2.01. The van der Waals surface area contributed by atoms with E-state index in [2.05, 4.69) is 5.16 Å². The molecule has 64 valence electrons. The number of hydrogen-bond acceptors (Lipinski definition) is 2. The molecule has 1 aromatic rings. The lowest BCUT2D eigenvalue weighted by molar-refractivity contribution is 0.317. The topological polar surface area (TPSA) is 32.6 Å². The van der Waals surface area contributed by atoms with Crippen LogP contribution in [-0.2, 0) is 0 Å². The van der Waals surface area contributed by atoms with Crippen LogP contribution in [0, 0.1) is 0 Å². The number of nitrogens with zero attached hydrogens (tertiary/aromatic N) is 1. The van der Waals surface area contributed by atoms with Crippen LogP contribution < -0.4 is 0 Å². The van der Waals surface area contributed by atoms with E-state index in [9.17, 15) is 0 Å². The Morgan fingerprint density at radius 2 is 2.00 bits per heavy atom. The molecule has 0 amide bonds. The molecule has 1 atom stereocenters. The van der Waals surface area contributed by atoms with E-state index >= 15 is 0 Å². The van der Waals surface area contributed by atoms with Crippen molar-refractivity contribution in [2.75, 3.05) is 0 Å². The summed E-state index contributed by atoms with van der Waals surface area (Å²) in [4.78, 5) is 0. The number of halogens is 1. The number of alkyl halides is 1. The summed E-state index contributed by atoms with van der Waals surface area (Å²) in [5.41, 5.74) is 1.44. The summed E-state index contributed by atoms with van der Waals surface area (Å²) in [5, 5.41) is 11.2. The summed E-state index contributed by atoms with van der Waals surface area (Å²) >= 11 is 5.97. The Kier molecular flexibility index (Phi) is 3.11. The van der Waals surface area contributed by atoms with Gasteiger partial charge >= 0.3 is 0 Å². The van der Waals surface area contributed by atoms with Gasteiger partial charge in [-0.2, -0.15) is 0 Å². The molecule has 1 rings (SSSR count). The zero-order chi connectivity index (χ0) is 8.97. The molecule has 3 heteroatoms. The maximum atomic E-state index is 8.47. The Labute approximate surface area is 76.5 Å². The monoisotopic (exact) mass is 183 g/mol. The molecule has 0 aromatic heterocycles. The van der Waals surface area contributed by atoms with E-state index in [1.807, 2.05) is 30.3 Å². The molecule has 0 aliphatic carbocycles. The van der Waals surface area contributed by atoms with E-state index in [4.69, 9.17) is 16.8 Å². The maximum absolute atomic E-state index is 8.47. The Hall–Kier alpha value is -1.02. The molecule has 2 nitrogen and oxygen atoms in total. The van der Waals surface area contributed by atoms with Crippen LogP contribution in [-0.4, -0.2) is 10.9 Å². The van der Waals surface area contributed by atoms with Crippen LogP contribution in [0.2, 0.25) is 0 Å². The molecule has 0 spiro atoms. The number of hydrogen-bond donors (Lipinski definition) is 1. The van der Waals surface area contributed by atoms with Crippen molar-refractivity contribution in [2.45, 2.75) is 12.3 Å². The second-order valence-corrected chi connectivity index (χ2v) is 2.95. The van der Waals surface area contributed by atoms with Gasteiger partial charge in [-0.05, 0) is 12.5 Å². The van der Waals surface area contributed by atoms with Crippen molar-refractivity contribution in [1.29, 1.82) is 0 Å². The Morgan fingerprint density at radius 1 is 1.42 bits per heavy atom. The van der Waals surface area contributed by atoms with Gasteiger partial charge in [0.15, 0.2) is 0 Å². The third kappa shape index (κ3) is 1.98. The first-order valence-electron chi connectivity index (χ1n) is 3.63. The quantitative estimate of drug-likeness (QED) is 0.325. The molecule has 0 saturated heterocycles. The van der Waals surface area contributed by atoms with E-state index in [-0.39, 0.29) is 5.38 Å². The summed E-state index contributed by atoms with van der Waals surface area (Å²) < 4.78 is 0. The highest BCUT2D eigenvalue weighted by Gasteiger charge is 2.10. The molecule has 0 bridgehead atoms. The lowest BCUT2D eigenvalue weighted by atomic mass is 10.1. The van der Waals surface area contributed by atoms with Crippen molar-refractivity contribution in [2.24, 2.45) is 5.16 Å². The van der Waals surface area contributed by atoms with Crippen LogP contribution in [0.25, 0.3) is 0 Å². The largest absolute Gasteiger partial charge is 0.411 e. The normalized spacial score (nSPS) is 14.3. The van der Waals surface area contributed by atoms with E-state index in [1.165, 1.54) is 0 Å². The van der Waals surface area contributed by atoms with Gasteiger partial charge in [-0.3, -0.25) is 0 Å². The van der Waals surface area contributed by atoms with Crippen LogP contribution >= 0.6 is 11.6 Å². The van der Waals surface area contributed by atoms with Gasteiger partial charge in [-0.15, -0.1) is 11.6 Å². The van der Waals surface area contributed by atoms with Crippen molar-refractivity contribution in [3.8, 4) is 0 Å². The molecule has 1 aromatic carbocycles. The number of rotatable bonds is 2. The number of oxime groups is 1. The Balaban J connectivity index is 2.86. The highest BCUT2D eigenvalue weighted by Crippen LogP contribution is 2.21. The summed E-state index contributed by atoms with van der Waals surface area (Å²) in [7, 11) is 0. The zero-order valence-electron chi connectivity index (χ0n) is 6.74. The van der Waals surface area contributed by atoms with Gasteiger partial charge in [0.05, 0.1) is 11.1 Å².